The van der Waals surface area contributed by atoms with Gasteiger partial charge in [-0.2, -0.15) is 0 Å². The number of hydrogen-bond acceptors (Lipinski definition) is 4. The lowest BCUT2D eigenvalue weighted by atomic mass is 9.90. The second kappa shape index (κ2) is 9.05. The van der Waals surface area contributed by atoms with Gasteiger partial charge in [0.25, 0.3) is 0 Å². The number of aromatic nitrogens is 2. The predicted octanol–water partition coefficient (Wildman–Crippen LogP) is 1.63. The largest absolute Gasteiger partial charge is 0.273 e. The fraction of sp³-hybridized carbons (Fsp3) is 0.600. The lowest BCUT2D eigenvalue weighted by Gasteiger charge is -2.20. The molecule has 0 fully saturated rings. The monoisotopic (exact) mass is 292 g/mol. The van der Waals surface area contributed by atoms with E-state index in [9.17, 15) is 9.59 Å². The van der Waals surface area contributed by atoms with Crippen molar-refractivity contribution in [3.8, 4) is 0 Å². The van der Waals surface area contributed by atoms with Crippen molar-refractivity contribution in [3.63, 3.8) is 0 Å². The molecule has 6 nitrogen and oxygen atoms in total. The number of hydrogen-bond donors (Lipinski definition) is 2. The number of carbonyl (C=O) groups excluding carboxylic acids is 2. The molecule has 0 aliphatic rings. The van der Waals surface area contributed by atoms with Gasteiger partial charge in [-0.05, 0) is 12.3 Å². The molecule has 0 bridgehead atoms. The number of hydrazine groups is 1. The Bertz CT molecular complexity index is 448. The number of unbranched alkanes of at least 4 members (excludes halogenated alkanes) is 1. The van der Waals surface area contributed by atoms with E-state index >= 15 is 0 Å². The summed E-state index contributed by atoms with van der Waals surface area (Å²) in [6, 6.07) is 0. The molecule has 1 aromatic heterocycles. The maximum atomic E-state index is 12.1. The number of rotatable bonds is 7. The first-order valence-corrected chi connectivity index (χ1v) is 7.38. The van der Waals surface area contributed by atoms with Gasteiger partial charge in [-0.3, -0.25) is 30.4 Å². The van der Waals surface area contributed by atoms with E-state index in [0.29, 0.717) is 5.69 Å². The van der Waals surface area contributed by atoms with Gasteiger partial charge in [-0.15, -0.1) is 0 Å². The maximum Gasteiger partial charge on any atom is 0.244 e. The van der Waals surface area contributed by atoms with Gasteiger partial charge in [0.2, 0.25) is 11.8 Å². The molecule has 1 heterocycles. The highest BCUT2D eigenvalue weighted by atomic mass is 16.2. The van der Waals surface area contributed by atoms with Crippen molar-refractivity contribution in [2.45, 2.75) is 46.5 Å². The van der Waals surface area contributed by atoms with Crippen LogP contribution in [0.2, 0.25) is 0 Å². The van der Waals surface area contributed by atoms with E-state index in [0.717, 1.165) is 19.3 Å². The Balaban J connectivity index is 2.41. The SMILES string of the molecule is CCCCC(C(=O)NNC(=O)Cc1cnccn1)C(C)C. The molecule has 1 rings (SSSR count). The van der Waals surface area contributed by atoms with E-state index in [1.165, 1.54) is 12.4 Å². The van der Waals surface area contributed by atoms with Crippen LogP contribution in [-0.2, 0) is 16.0 Å². The van der Waals surface area contributed by atoms with Crippen LogP contribution in [0.3, 0.4) is 0 Å². The third kappa shape index (κ3) is 6.33. The molecule has 0 saturated carbocycles. The predicted molar refractivity (Wildman–Crippen MR) is 79.9 cm³/mol. The van der Waals surface area contributed by atoms with Crippen LogP contribution in [0.25, 0.3) is 0 Å². The lowest BCUT2D eigenvalue weighted by Crippen LogP contribution is -2.46. The van der Waals surface area contributed by atoms with Crippen molar-refractivity contribution < 1.29 is 9.59 Å². The van der Waals surface area contributed by atoms with Crippen molar-refractivity contribution in [2.24, 2.45) is 11.8 Å². The highest BCUT2D eigenvalue weighted by molar-refractivity contribution is 5.84. The summed E-state index contributed by atoms with van der Waals surface area (Å²) >= 11 is 0. The smallest absolute Gasteiger partial charge is 0.244 e. The molecule has 0 aliphatic heterocycles. The molecule has 0 aliphatic carbocycles. The maximum absolute atomic E-state index is 12.1. The third-order valence-electron chi connectivity index (χ3n) is 3.29. The normalized spacial score (nSPS) is 12.0. The minimum atomic E-state index is -0.304. The average Bonchev–Trinajstić information content (AvgIpc) is 2.46. The summed E-state index contributed by atoms with van der Waals surface area (Å²) in [5.41, 5.74) is 5.51. The van der Waals surface area contributed by atoms with E-state index in [2.05, 4.69) is 27.7 Å². The second-order valence-electron chi connectivity index (χ2n) is 5.40. The van der Waals surface area contributed by atoms with Crippen LogP contribution >= 0.6 is 0 Å². The molecule has 0 radical (unpaired) electrons. The van der Waals surface area contributed by atoms with E-state index in [-0.39, 0.29) is 30.1 Å². The van der Waals surface area contributed by atoms with Gasteiger partial charge in [0, 0.05) is 24.5 Å². The molecule has 2 N–H and O–H groups in total. The molecule has 6 heteroatoms. The number of amides is 2. The van der Waals surface area contributed by atoms with Crippen LogP contribution in [0.1, 0.15) is 45.7 Å². The molecule has 0 saturated heterocycles. The highest BCUT2D eigenvalue weighted by Gasteiger charge is 2.21. The lowest BCUT2D eigenvalue weighted by molar-refractivity contribution is -0.132. The van der Waals surface area contributed by atoms with Crippen molar-refractivity contribution in [2.75, 3.05) is 0 Å². The van der Waals surface area contributed by atoms with Gasteiger partial charge in [0.05, 0.1) is 12.1 Å². The van der Waals surface area contributed by atoms with Crippen LogP contribution < -0.4 is 10.9 Å². The van der Waals surface area contributed by atoms with Gasteiger partial charge in [-0.1, -0.05) is 33.6 Å². The van der Waals surface area contributed by atoms with E-state index in [1.54, 1.807) is 6.20 Å². The van der Waals surface area contributed by atoms with Crippen LogP contribution in [-0.4, -0.2) is 21.8 Å². The van der Waals surface area contributed by atoms with Crippen molar-refractivity contribution in [3.05, 3.63) is 24.3 Å². The fourth-order valence-electron chi connectivity index (χ4n) is 2.05. The highest BCUT2D eigenvalue weighted by Crippen LogP contribution is 2.18. The zero-order chi connectivity index (χ0) is 15.7. The Morgan fingerprint density at radius 2 is 2.00 bits per heavy atom. The van der Waals surface area contributed by atoms with Gasteiger partial charge >= 0.3 is 0 Å². The minimum Gasteiger partial charge on any atom is -0.273 e. The number of carbonyl (C=O) groups is 2. The molecule has 0 aromatic carbocycles. The van der Waals surface area contributed by atoms with Crippen LogP contribution in [0.4, 0.5) is 0 Å². The fourth-order valence-corrected chi connectivity index (χ4v) is 2.05. The quantitative estimate of drug-likeness (QED) is 0.748. The summed E-state index contributed by atoms with van der Waals surface area (Å²) in [4.78, 5) is 31.7. The molecular formula is C15H24N4O2. The topological polar surface area (TPSA) is 84.0 Å². The summed E-state index contributed by atoms with van der Waals surface area (Å²) in [6.07, 6.45) is 7.58. The summed E-state index contributed by atoms with van der Waals surface area (Å²) < 4.78 is 0. The number of nitrogens with zero attached hydrogens (tertiary/aromatic N) is 2. The Kier molecular flexibility index (Phi) is 7.36. The minimum absolute atomic E-state index is 0.0817. The molecule has 1 unspecified atom stereocenters. The summed E-state index contributed by atoms with van der Waals surface area (Å²) in [5, 5.41) is 0. The zero-order valence-corrected chi connectivity index (χ0v) is 12.9. The Hall–Kier alpha value is -1.98. The second-order valence-corrected chi connectivity index (χ2v) is 5.40. The zero-order valence-electron chi connectivity index (χ0n) is 12.9. The summed E-state index contributed by atoms with van der Waals surface area (Å²) in [7, 11) is 0. The molecule has 1 atom stereocenters. The van der Waals surface area contributed by atoms with Gasteiger partial charge in [0.15, 0.2) is 0 Å². The Morgan fingerprint density at radius 3 is 2.57 bits per heavy atom. The first-order chi connectivity index (χ1) is 10.0. The van der Waals surface area contributed by atoms with Gasteiger partial charge in [-0.25, -0.2) is 0 Å². The van der Waals surface area contributed by atoms with E-state index < -0.39 is 0 Å². The molecule has 0 spiro atoms. The van der Waals surface area contributed by atoms with Crippen molar-refractivity contribution in [1.82, 2.24) is 20.8 Å². The van der Waals surface area contributed by atoms with E-state index in [1.807, 2.05) is 13.8 Å². The first-order valence-electron chi connectivity index (χ1n) is 7.38. The van der Waals surface area contributed by atoms with Crippen molar-refractivity contribution in [1.29, 1.82) is 0 Å². The van der Waals surface area contributed by atoms with Crippen LogP contribution in [0, 0.1) is 11.8 Å². The standard InChI is InChI=1S/C15H24N4O2/c1-4-5-6-13(11(2)3)15(21)19-18-14(20)9-12-10-16-7-8-17-12/h7-8,10-11,13H,4-6,9H2,1-3H3,(H,18,20)(H,19,21). The summed E-state index contributed by atoms with van der Waals surface area (Å²) in [6.45, 7) is 6.13. The Morgan fingerprint density at radius 1 is 1.24 bits per heavy atom. The average molecular weight is 292 g/mol. The summed E-state index contributed by atoms with van der Waals surface area (Å²) in [5.74, 6) is -0.275. The molecule has 21 heavy (non-hydrogen) atoms. The van der Waals surface area contributed by atoms with Crippen LogP contribution in [0.15, 0.2) is 18.6 Å². The van der Waals surface area contributed by atoms with Crippen LogP contribution in [0.5, 0.6) is 0 Å². The Labute approximate surface area is 125 Å². The molecule has 2 amide bonds. The number of nitrogens with one attached hydrogen (secondary N) is 2. The molecule has 116 valence electrons. The molecule has 1 aromatic rings. The van der Waals surface area contributed by atoms with Crippen molar-refractivity contribution >= 4 is 11.8 Å². The van der Waals surface area contributed by atoms with E-state index in [4.69, 9.17) is 0 Å². The molecular weight excluding hydrogens is 268 g/mol. The van der Waals surface area contributed by atoms with Gasteiger partial charge in [0.1, 0.15) is 0 Å². The van der Waals surface area contributed by atoms with Gasteiger partial charge < -0.3 is 0 Å². The first kappa shape index (κ1) is 17.1. The third-order valence-corrected chi connectivity index (χ3v) is 3.29.